The molecule has 0 unspecified atom stereocenters. The van der Waals surface area contributed by atoms with Crippen molar-refractivity contribution in [3.63, 3.8) is 0 Å². The smallest absolute Gasteiger partial charge is 0.128 e. The van der Waals surface area contributed by atoms with Crippen LogP contribution < -0.4 is 4.74 Å². The first kappa shape index (κ1) is 10.9. The molecule has 18 heavy (non-hydrogen) atoms. The van der Waals surface area contributed by atoms with Gasteiger partial charge >= 0.3 is 0 Å². The molecule has 90 valence electrons. The fourth-order valence-corrected chi connectivity index (χ4v) is 2.01. The summed E-state index contributed by atoms with van der Waals surface area (Å²) in [6.07, 6.45) is 0. The van der Waals surface area contributed by atoms with Gasteiger partial charge in [0.15, 0.2) is 0 Å². The molecule has 0 amide bonds. The van der Waals surface area contributed by atoms with Gasteiger partial charge in [-0.3, -0.25) is 0 Å². The van der Waals surface area contributed by atoms with Crippen LogP contribution in [0.25, 0.3) is 10.9 Å². The third-order valence-electron chi connectivity index (χ3n) is 3.00. The van der Waals surface area contributed by atoms with Gasteiger partial charge in [-0.25, -0.2) is 0 Å². The van der Waals surface area contributed by atoms with E-state index in [2.05, 4.69) is 42.2 Å². The van der Waals surface area contributed by atoms with Crippen molar-refractivity contribution in [1.29, 1.82) is 0 Å². The van der Waals surface area contributed by atoms with Crippen molar-refractivity contribution in [2.24, 2.45) is 0 Å². The predicted octanol–water partition coefficient (Wildman–Crippen LogP) is 4.06. The molecule has 1 heterocycles. The Morgan fingerprint density at radius 3 is 2.56 bits per heavy atom. The largest absolute Gasteiger partial charge is 0.487 e. The molecule has 2 heteroatoms. The van der Waals surface area contributed by atoms with Crippen molar-refractivity contribution in [2.45, 2.75) is 13.5 Å². The zero-order chi connectivity index (χ0) is 12.4. The van der Waals surface area contributed by atoms with Crippen molar-refractivity contribution in [3.05, 3.63) is 65.9 Å². The Morgan fingerprint density at radius 2 is 1.78 bits per heavy atom. The first-order chi connectivity index (χ1) is 8.81. The lowest BCUT2D eigenvalue weighted by atomic mass is 10.2. The number of ether oxygens (including phenoxy) is 1. The lowest BCUT2D eigenvalue weighted by Crippen LogP contribution is -1.95. The molecule has 0 spiro atoms. The number of benzene rings is 2. The molecule has 3 aromatic rings. The summed E-state index contributed by atoms with van der Waals surface area (Å²) in [5, 5.41) is 1.22. The van der Waals surface area contributed by atoms with Gasteiger partial charge in [-0.15, -0.1) is 0 Å². The van der Waals surface area contributed by atoms with Gasteiger partial charge < -0.3 is 9.72 Å². The molecular weight excluding hydrogens is 222 g/mol. The molecule has 0 aliphatic carbocycles. The summed E-state index contributed by atoms with van der Waals surface area (Å²) >= 11 is 0. The number of aryl methyl sites for hydroxylation is 1. The Balaban J connectivity index is 1.74. The minimum atomic E-state index is 0.567. The number of hydrogen-bond donors (Lipinski definition) is 1. The van der Waals surface area contributed by atoms with E-state index in [4.69, 9.17) is 4.74 Å². The monoisotopic (exact) mass is 237 g/mol. The molecular formula is C16H15NO. The Kier molecular flexibility index (Phi) is 2.77. The topological polar surface area (TPSA) is 25.0 Å². The lowest BCUT2D eigenvalue weighted by Gasteiger charge is -2.04. The highest BCUT2D eigenvalue weighted by Crippen LogP contribution is 2.17. The van der Waals surface area contributed by atoms with E-state index in [1.165, 1.54) is 10.9 Å². The summed E-state index contributed by atoms with van der Waals surface area (Å²) in [5.74, 6) is 0.902. The summed E-state index contributed by atoms with van der Waals surface area (Å²) in [7, 11) is 0. The number of para-hydroxylation sites is 1. The number of nitrogens with one attached hydrogen (secondary N) is 1. The van der Waals surface area contributed by atoms with E-state index >= 15 is 0 Å². The molecule has 1 N–H and O–H groups in total. The third-order valence-corrected chi connectivity index (χ3v) is 3.00. The standard InChI is InChI=1S/C16H15NO/c1-12-6-8-15(9-7-12)18-11-14-10-13-4-2-3-5-16(13)17-14/h2-10,17H,11H2,1H3. The van der Waals surface area contributed by atoms with E-state index in [1.54, 1.807) is 0 Å². The highest BCUT2D eigenvalue weighted by atomic mass is 16.5. The normalized spacial score (nSPS) is 10.7. The van der Waals surface area contributed by atoms with E-state index in [1.807, 2.05) is 24.3 Å². The summed E-state index contributed by atoms with van der Waals surface area (Å²) in [5.41, 5.74) is 3.49. The van der Waals surface area contributed by atoms with Gasteiger partial charge in [0.05, 0.1) is 5.69 Å². The second kappa shape index (κ2) is 4.57. The molecule has 0 aliphatic rings. The van der Waals surface area contributed by atoms with Crippen LogP contribution in [0.15, 0.2) is 54.6 Å². The minimum absolute atomic E-state index is 0.567. The molecule has 0 aliphatic heterocycles. The number of rotatable bonds is 3. The van der Waals surface area contributed by atoms with Gasteiger partial charge in [-0.05, 0) is 36.6 Å². The molecule has 3 rings (SSSR count). The minimum Gasteiger partial charge on any atom is -0.487 e. The summed E-state index contributed by atoms with van der Waals surface area (Å²) in [6, 6.07) is 18.5. The van der Waals surface area contributed by atoms with E-state index < -0.39 is 0 Å². The summed E-state index contributed by atoms with van der Waals surface area (Å²) in [6.45, 7) is 2.64. The molecule has 0 radical (unpaired) electrons. The number of H-pyrrole nitrogens is 1. The average molecular weight is 237 g/mol. The van der Waals surface area contributed by atoms with Crippen molar-refractivity contribution < 1.29 is 4.74 Å². The van der Waals surface area contributed by atoms with Crippen LogP contribution in [0.1, 0.15) is 11.3 Å². The van der Waals surface area contributed by atoms with Crippen LogP contribution in [0.3, 0.4) is 0 Å². The van der Waals surface area contributed by atoms with E-state index in [9.17, 15) is 0 Å². The van der Waals surface area contributed by atoms with Crippen molar-refractivity contribution in [3.8, 4) is 5.75 Å². The highest BCUT2D eigenvalue weighted by molar-refractivity contribution is 5.80. The molecule has 2 aromatic carbocycles. The van der Waals surface area contributed by atoms with Crippen LogP contribution in [0.2, 0.25) is 0 Å². The van der Waals surface area contributed by atoms with E-state index in [-0.39, 0.29) is 0 Å². The maximum absolute atomic E-state index is 5.75. The van der Waals surface area contributed by atoms with Crippen LogP contribution >= 0.6 is 0 Å². The van der Waals surface area contributed by atoms with Gasteiger partial charge in [-0.2, -0.15) is 0 Å². The van der Waals surface area contributed by atoms with Gasteiger partial charge in [0.25, 0.3) is 0 Å². The predicted molar refractivity (Wildman–Crippen MR) is 73.8 cm³/mol. The van der Waals surface area contributed by atoms with Gasteiger partial charge in [0.2, 0.25) is 0 Å². The molecule has 1 aromatic heterocycles. The molecule has 2 nitrogen and oxygen atoms in total. The van der Waals surface area contributed by atoms with E-state index in [0.29, 0.717) is 6.61 Å². The van der Waals surface area contributed by atoms with Crippen LogP contribution in [0.5, 0.6) is 5.75 Å². The Labute approximate surface area is 106 Å². The van der Waals surface area contributed by atoms with Crippen LogP contribution in [-0.2, 0) is 6.61 Å². The number of aromatic nitrogens is 1. The lowest BCUT2D eigenvalue weighted by molar-refractivity contribution is 0.302. The molecule has 0 bridgehead atoms. The summed E-state index contributed by atoms with van der Waals surface area (Å²) in [4.78, 5) is 3.35. The second-order valence-electron chi connectivity index (χ2n) is 4.48. The molecule has 0 saturated carbocycles. The van der Waals surface area contributed by atoms with Gasteiger partial charge in [0.1, 0.15) is 12.4 Å². The maximum Gasteiger partial charge on any atom is 0.128 e. The molecule has 0 saturated heterocycles. The Morgan fingerprint density at radius 1 is 1.00 bits per heavy atom. The van der Waals surface area contributed by atoms with Crippen molar-refractivity contribution in [1.82, 2.24) is 4.98 Å². The second-order valence-corrected chi connectivity index (χ2v) is 4.48. The van der Waals surface area contributed by atoms with Crippen LogP contribution in [-0.4, -0.2) is 4.98 Å². The molecule has 0 fully saturated rings. The number of aromatic amines is 1. The van der Waals surface area contributed by atoms with Crippen LogP contribution in [0.4, 0.5) is 0 Å². The average Bonchev–Trinajstić information content (AvgIpc) is 2.81. The number of hydrogen-bond acceptors (Lipinski definition) is 1. The van der Waals surface area contributed by atoms with Crippen molar-refractivity contribution >= 4 is 10.9 Å². The zero-order valence-corrected chi connectivity index (χ0v) is 10.3. The first-order valence-corrected chi connectivity index (χ1v) is 6.07. The van der Waals surface area contributed by atoms with Gasteiger partial charge in [-0.1, -0.05) is 35.9 Å². The Hall–Kier alpha value is -2.22. The number of fused-ring (bicyclic) bond motifs is 1. The fraction of sp³-hybridized carbons (Fsp3) is 0.125. The van der Waals surface area contributed by atoms with Crippen LogP contribution in [0, 0.1) is 6.92 Å². The Bertz CT molecular complexity index is 619. The SMILES string of the molecule is Cc1ccc(OCc2cc3ccccc3[nH]2)cc1. The molecule has 0 atom stereocenters. The van der Waals surface area contributed by atoms with E-state index in [0.717, 1.165) is 17.0 Å². The quantitative estimate of drug-likeness (QED) is 0.730. The van der Waals surface area contributed by atoms with Gasteiger partial charge in [0, 0.05) is 5.52 Å². The highest BCUT2D eigenvalue weighted by Gasteiger charge is 2.00. The fourth-order valence-electron chi connectivity index (χ4n) is 2.01. The maximum atomic E-state index is 5.75. The third kappa shape index (κ3) is 2.23. The summed E-state index contributed by atoms with van der Waals surface area (Å²) < 4.78 is 5.75. The van der Waals surface area contributed by atoms with Crippen molar-refractivity contribution in [2.75, 3.05) is 0 Å². The first-order valence-electron chi connectivity index (χ1n) is 6.07. The zero-order valence-electron chi connectivity index (χ0n) is 10.3.